The van der Waals surface area contributed by atoms with Crippen LogP contribution in [-0.2, 0) is 16.0 Å². The highest BCUT2D eigenvalue weighted by molar-refractivity contribution is 7.10. The molecule has 2 amide bonds. The van der Waals surface area contributed by atoms with E-state index in [0.717, 1.165) is 4.88 Å². The number of nitrogens with zero attached hydrogens (tertiary/aromatic N) is 2. The molecule has 0 aliphatic rings. The fourth-order valence-corrected chi connectivity index (χ4v) is 2.56. The number of carbonyl (C=O) groups is 2. The smallest absolute Gasteiger partial charge is 0.245 e. The van der Waals surface area contributed by atoms with Gasteiger partial charge in [0.2, 0.25) is 11.8 Å². The fraction of sp³-hybridized carbons (Fsp3) is 0.267. The average Bonchev–Trinajstić information content (AvgIpc) is 3.10. The summed E-state index contributed by atoms with van der Waals surface area (Å²) in [5.74, 6) is 0.502. The SMILES string of the molecule is C=CCN(CC(=O)Nc1cc(C)on1)C(=O)Cc1cccs1. The molecule has 2 rings (SSSR count). The van der Waals surface area contributed by atoms with Gasteiger partial charge in [-0.25, -0.2) is 0 Å². The number of anilines is 1. The van der Waals surface area contributed by atoms with Gasteiger partial charge in [-0.2, -0.15) is 0 Å². The summed E-state index contributed by atoms with van der Waals surface area (Å²) in [5, 5.41) is 8.20. The highest BCUT2D eigenvalue weighted by Gasteiger charge is 2.17. The molecule has 116 valence electrons. The summed E-state index contributed by atoms with van der Waals surface area (Å²) in [5.41, 5.74) is 0. The largest absolute Gasteiger partial charge is 0.360 e. The number of hydrogen-bond donors (Lipinski definition) is 1. The molecule has 0 fully saturated rings. The summed E-state index contributed by atoms with van der Waals surface area (Å²) in [7, 11) is 0. The van der Waals surface area contributed by atoms with E-state index >= 15 is 0 Å². The van der Waals surface area contributed by atoms with Crippen LogP contribution in [0.5, 0.6) is 0 Å². The van der Waals surface area contributed by atoms with Crippen molar-refractivity contribution in [1.29, 1.82) is 0 Å². The Hall–Kier alpha value is -2.41. The number of hydrogen-bond acceptors (Lipinski definition) is 5. The number of aromatic nitrogens is 1. The number of amides is 2. The summed E-state index contributed by atoms with van der Waals surface area (Å²) in [6.07, 6.45) is 1.88. The van der Waals surface area contributed by atoms with Gasteiger partial charge in [0, 0.05) is 17.5 Å². The second kappa shape index (κ2) is 7.56. The van der Waals surface area contributed by atoms with Crippen molar-refractivity contribution in [3.63, 3.8) is 0 Å². The van der Waals surface area contributed by atoms with Crippen molar-refractivity contribution in [2.24, 2.45) is 0 Å². The Bertz CT molecular complexity index is 649. The first-order valence-electron chi connectivity index (χ1n) is 6.72. The Labute approximate surface area is 132 Å². The van der Waals surface area contributed by atoms with Gasteiger partial charge in [0.15, 0.2) is 5.82 Å². The van der Waals surface area contributed by atoms with Crippen LogP contribution in [0.15, 0.2) is 40.8 Å². The molecule has 0 saturated carbocycles. The second-order valence-corrected chi connectivity index (χ2v) is 5.72. The first-order valence-corrected chi connectivity index (χ1v) is 7.60. The van der Waals surface area contributed by atoms with E-state index in [1.54, 1.807) is 19.1 Å². The number of aryl methyl sites for hydroxylation is 1. The molecule has 0 radical (unpaired) electrons. The van der Waals surface area contributed by atoms with Gasteiger partial charge >= 0.3 is 0 Å². The third-order valence-electron chi connectivity index (χ3n) is 2.84. The number of carbonyl (C=O) groups excluding carboxylic acids is 2. The van der Waals surface area contributed by atoms with Gasteiger partial charge in [0.25, 0.3) is 0 Å². The van der Waals surface area contributed by atoms with Gasteiger partial charge in [-0.3, -0.25) is 9.59 Å². The van der Waals surface area contributed by atoms with E-state index in [2.05, 4.69) is 17.1 Å². The van der Waals surface area contributed by atoms with Crippen molar-refractivity contribution in [2.75, 3.05) is 18.4 Å². The average molecular weight is 319 g/mol. The lowest BCUT2D eigenvalue weighted by Gasteiger charge is -2.20. The third kappa shape index (κ3) is 4.56. The molecule has 0 spiro atoms. The summed E-state index contributed by atoms with van der Waals surface area (Å²) in [4.78, 5) is 26.7. The Morgan fingerprint density at radius 3 is 2.95 bits per heavy atom. The van der Waals surface area contributed by atoms with Crippen LogP contribution < -0.4 is 5.32 Å². The topological polar surface area (TPSA) is 75.4 Å². The molecule has 0 aliphatic heterocycles. The van der Waals surface area contributed by atoms with Gasteiger partial charge in [0.05, 0.1) is 6.42 Å². The summed E-state index contributed by atoms with van der Waals surface area (Å²) < 4.78 is 4.88. The maximum Gasteiger partial charge on any atom is 0.245 e. The van der Waals surface area contributed by atoms with Crippen LogP contribution in [0.1, 0.15) is 10.6 Å². The van der Waals surface area contributed by atoms with Crippen LogP contribution in [0.3, 0.4) is 0 Å². The molecule has 0 aliphatic carbocycles. The lowest BCUT2D eigenvalue weighted by atomic mass is 10.3. The van der Waals surface area contributed by atoms with Crippen LogP contribution >= 0.6 is 11.3 Å². The Balaban J connectivity index is 1.93. The van der Waals surface area contributed by atoms with E-state index in [-0.39, 0.29) is 24.8 Å². The minimum atomic E-state index is -0.324. The lowest BCUT2D eigenvalue weighted by Crippen LogP contribution is -2.38. The maximum absolute atomic E-state index is 12.3. The molecule has 0 unspecified atom stereocenters. The van der Waals surface area contributed by atoms with Crippen molar-refractivity contribution in [3.05, 3.63) is 46.9 Å². The van der Waals surface area contributed by atoms with E-state index in [1.807, 2.05) is 17.5 Å². The van der Waals surface area contributed by atoms with Crippen LogP contribution in [-0.4, -0.2) is 35.0 Å². The van der Waals surface area contributed by atoms with Crippen molar-refractivity contribution in [1.82, 2.24) is 10.1 Å². The molecule has 22 heavy (non-hydrogen) atoms. The minimum Gasteiger partial charge on any atom is -0.360 e. The lowest BCUT2D eigenvalue weighted by molar-refractivity contribution is -0.133. The van der Waals surface area contributed by atoms with E-state index in [0.29, 0.717) is 18.1 Å². The van der Waals surface area contributed by atoms with Gasteiger partial charge in [0.1, 0.15) is 12.3 Å². The van der Waals surface area contributed by atoms with Crippen molar-refractivity contribution in [3.8, 4) is 0 Å². The molecule has 7 heteroatoms. The summed E-state index contributed by atoms with van der Waals surface area (Å²) in [6, 6.07) is 5.40. The van der Waals surface area contributed by atoms with Crippen molar-refractivity contribution in [2.45, 2.75) is 13.3 Å². The highest BCUT2D eigenvalue weighted by atomic mass is 32.1. The highest BCUT2D eigenvalue weighted by Crippen LogP contribution is 2.11. The van der Waals surface area contributed by atoms with E-state index in [1.165, 1.54) is 16.2 Å². The standard InChI is InChI=1S/C15H17N3O3S/c1-3-6-18(15(20)9-12-5-4-7-22-12)10-14(19)16-13-8-11(2)21-17-13/h3-5,7-8H,1,6,9-10H2,2H3,(H,16,17,19). The number of rotatable bonds is 7. The monoisotopic (exact) mass is 319 g/mol. The number of thiophene rings is 1. The van der Waals surface area contributed by atoms with Gasteiger partial charge in [-0.05, 0) is 18.4 Å². The summed E-state index contributed by atoms with van der Waals surface area (Å²) >= 11 is 1.51. The molecule has 1 N–H and O–H groups in total. The molecule has 0 atom stereocenters. The van der Waals surface area contributed by atoms with E-state index in [9.17, 15) is 9.59 Å². The molecule has 2 heterocycles. The Morgan fingerprint density at radius 1 is 1.55 bits per heavy atom. The van der Waals surface area contributed by atoms with Gasteiger partial charge < -0.3 is 14.7 Å². The molecule has 2 aromatic rings. The van der Waals surface area contributed by atoms with Crippen molar-refractivity contribution >= 4 is 29.0 Å². The van der Waals surface area contributed by atoms with E-state index < -0.39 is 0 Å². The predicted octanol–water partition coefficient (Wildman–Crippen LogP) is 2.24. The minimum absolute atomic E-state index is 0.0534. The quantitative estimate of drug-likeness (QED) is 0.794. The zero-order valence-electron chi connectivity index (χ0n) is 12.2. The van der Waals surface area contributed by atoms with Crippen molar-refractivity contribution < 1.29 is 14.1 Å². The van der Waals surface area contributed by atoms with E-state index in [4.69, 9.17) is 4.52 Å². The first kappa shape index (κ1) is 16.0. The predicted molar refractivity (Wildman–Crippen MR) is 84.7 cm³/mol. The summed E-state index contributed by atoms with van der Waals surface area (Å²) in [6.45, 7) is 5.62. The third-order valence-corrected chi connectivity index (χ3v) is 3.71. The molecule has 2 aromatic heterocycles. The zero-order valence-corrected chi connectivity index (χ0v) is 13.1. The zero-order chi connectivity index (χ0) is 15.9. The molecular formula is C15H17N3O3S. The molecular weight excluding hydrogens is 302 g/mol. The van der Waals surface area contributed by atoms with Gasteiger partial charge in [-0.1, -0.05) is 17.3 Å². The number of nitrogens with one attached hydrogen (secondary N) is 1. The Kier molecular flexibility index (Phi) is 5.48. The van der Waals surface area contributed by atoms with Crippen LogP contribution in [0.4, 0.5) is 5.82 Å². The second-order valence-electron chi connectivity index (χ2n) is 4.69. The fourth-order valence-electron chi connectivity index (χ4n) is 1.87. The molecule has 0 saturated heterocycles. The molecule has 6 nitrogen and oxygen atoms in total. The maximum atomic E-state index is 12.3. The molecule has 0 bridgehead atoms. The van der Waals surface area contributed by atoms with Crippen LogP contribution in [0.25, 0.3) is 0 Å². The van der Waals surface area contributed by atoms with Crippen LogP contribution in [0.2, 0.25) is 0 Å². The van der Waals surface area contributed by atoms with Gasteiger partial charge in [-0.15, -0.1) is 17.9 Å². The Morgan fingerprint density at radius 2 is 2.36 bits per heavy atom. The first-order chi connectivity index (χ1) is 10.6. The molecule has 0 aromatic carbocycles. The van der Waals surface area contributed by atoms with Crippen LogP contribution in [0, 0.1) is 6.92 Å². The normalized spacial score (nSPS) is 10.2.